The fraction of sp³-hybridized carbons (Fsp3) is 0.867. The van der Waals surface area contributed by atoms with Crippen molar-refractivity contribution in [1.82, 2.24) is 4.90 Å². The molecule has 1 aliphatic carbocycles. The first kappa shape index (κ1) is 17.8. The van der Waals surface area contributed by atoms with Crippen molar-refractivity contribution < 1.29 is 4.79 Å². The minimum absolute atomic E-state index is 0.146. The van der Waals surface area contributed by atoms with E-state index >= 15 is 0 Å². The fourth-order valence-corrected chi connectivity index (χ4v) is 4.23. The number of amides is 1. The van der Waals surface area contributed by atoms with Gasteiger partial charge in [0.25, 0.3) is 0 Å². The third-order valence-electron chi connectivity index (χ3n) is 4.54. The number of thioether (sulfide) groups is 1. The second-order valence-corrected chi connectivity index (χ2v) is 7.14. The Morgan fingerprint density at radius 3 is 2.30 bits per heavy atom. The largest absolute Gasteiger partial charge is 0.392 e. The molecule has 116 valence electrons. The summed E-state index contributed by atoms with van der Waals surface area (Å²) in [5.74, 6) is 1.11. The minimum Gasteiger partial charge on any atom is -0.392 e. The first-order chi connectivity index (χ1) is 9.49. The summed E-state index contributed by atoms with van der Waals surface area (Å²) in [4.78, 5) is 15.3. The molecule has 1 unspecified atom stereocenters. The van der Waals surface area contributed by atoms with Crippen LogP contribution in [-0.4, -0.2) is 40.9 Å². The quantitative estimate of drug-likeness (QED) is 0.604. The van der Waals surface area contributed by atoms with Crippen LogP contribution in [0.25, 0.3) is 0 Å². The lowest BCUT2D eigenvalue weighted by Crippen LogP contribution is -2.52. The van der Waals surface area contributed by atoms with Crippen LogP contribution in [0.3, 0.4) is 0 Å². The molecule has 0 saturated heterocycles. The van der Waals surface area contributed by atoms with Gasteiger partial charge in [-0.05, 0) is 25.5 Å². The Kier molecular flexibility index (Phi) is 7.30. The standard InChI is InChI=1S/C15H28N2OS2/c1-4-12(11-20-3)17(2)14(18)15(13(16)19)9-7-5-6-8-10-15/h12H,4-11H2,1-3H3,(H2,16,19). The van der Waals surface area contributed by atoms with E-state index in [0.29, 0.717) is 4.99 Å². The van der Waals surface area contributed by atoms with Crippen LogP contribution in [0.5, 0.6) is 0 Å². The topological polar surface area (TPSA) is 46.3 Å². The lowest BCUT2D eigenvalue weighted by Gasteiger charge is -2.37. The van der Waals surface area contributed by atoms with Crippen LogP contribution in [0.15, 0.2) is 0 Å². The molecule has 3 nitrogen and oxygen atoms in total. The number of hydrogen-bond donors (Lipinski definition) is 1. The third kappa shape index (κ3) is 3.88. The lowest BCUT2D eigenvalue weighted by atomic mass is 9.78. The maximum Gasteiger partial charge on any atom is 0.235 e. The summed E-state index contributed by atoms with van der Waals surface area (Å²) in [6, 6.07) is 0.270. The van der Waals surface area contributed by atoms with E-state index < -0.39 is 5.41 Å². The Morgan fingerprint density at radius 1 is 1.35 bits per heavy atom. The van der Waals surface area contributed by atoms with Gasteiger partial charge in [0.1, 0.15) is 0 Å². The molecule has 1 amide bonds. The van der Waals surface area contributed by atoms with Gasteiger partial charge in [-0.15, -0.1) is 0 Å². The number of hydrogen-bond acceptors (Lipinski definition) is 3. The van der Waals surface area contributed by atoms with E-state index in [-0.39, 0.29) is 11.9 Å². The Hall–Kier alpha value is -0.290. The molecule has 0 bridgehead atoms. The van der Waals surface area contributed by atoms with Gasteiger partial charge in [0.2, 0.25) is 5.91 Å². The molecule has 2 N–H and O–H groups in total. The van der Waals surface area contributed by atoms with Gasteiger partial charge in [-0.3, -0.25) is 4.79 Å². The summed E-state index contributed by atoms with van der Waals surface area (Å²) in [5.41, 5.74) is 5.41. The summed E-state index contributed by atoms with van der Waals surface area (Å²) in [6.45, 7) is 2.13. The molecule has 0 heterocycles. The van der Waals surface area contributed by atoms with E-state index in [9.17, 15) is 4.79 Å². The molecule has 0 radical (unpaired) electrons. The Morgan fingerprint density at radius 2 is 1.90 bits per heavy atom. The zero-order valence-corrected chi connectivity index (χ0v) is 14.6. The van der Waals surface area contributed by atoms with Crippen LogP contribution in [0, 0.1) is 5.41 Å². The van der Waals surface area contributed by atoms with Crippen molar-refractivity contribution in [2.45, 2.75) is 57.9 Å². The van der Waals surface area contributed by atoms with Crippen LogP contribution in [0.4, 0.5) is 0 Å². The normalized spacial score (nSPS) is 19.9. The van der Waals surface area contributed by atoms with E-state index in [1.165, 1.54) is 12.8 Å². The molecule has 20 heavy (non-hydrogen) atoms. The number of carbonyl (C=O) groups excluding carboxylic acids is 1. The second kappa shape index (κ2) is 8.23. The number of nitrogens with two attached hydrogens (primary N) is 1. The predicted octanol–water partition coefficient (Wildman–Crippen LogP) is 3.21. The number of nitrogens with zero attached hydrogens (tertiary/aromatic N) is 1. The van der Waals surface area contributed by atoms with Crippen molar-refractivity contribution in [2.24, 2.45) is 11.1 Å². The average molecular weight is 317 g/mol. The van der Waals surface area contributed by atoms with Gasteiger partial charge in [0, 0.05) is 18.8 Å². The molecule has 0 aromatic carbocycles. The highest BCUT2D eigenvalue weighted by molar-refractivity contribution is 7.98. The van der Waals surface area contributed by atoms with Crippen LogP contribution < -0.4 is 5.73 Å². The summed E-state index contributed by atoms with van der Waals surface area (Å²) in [7, 11) is 1.91. The van der Waals surface area contributed by atoms with Crippen molar-refractivity contribution in [3.05, 3.63) is 0 Å². The number of rotatable bonds is 6. The third-order valence-corrected chi connectivity index (χ3v) is 5.65. The van der Waals surface area contributed by atoms with Crippen molar-refractivity contribution >= 4 is 34.9 Å². The van der Waals surface area contributed by atoms with Gasteiger partial charge < -0.3 is 10.6 Å². The first-order valence-electron chi connectivity index (χ1n) is 7.55. The van der Waals surface area contributed by atoms with Crippen molar-refractivity contribution in [2.75, 3.05) is 19.1 Å². The fourth-order valence-electron chi connectivity index (χ4n) is 3.10. The van der Waals surface area contributed by atoms with Gasteiger partial charge in [-0.1, -0.05) is 44.8 Å². The molecule has 1 saturated carbocycles. The summed E-state index contributed by atoms with van der Waals surface area (Å²) >= 11 is 7.08. The van der Waals surface area contributed by atoms with E-state index in [2.05, 4.69) is 13.2 Å². The lowest BCUT2D eigenvalue weighted by molar-refractivity contribution is -0.139. The SMILES string of the molecule is CCC(CSC)N(C)C(=O)C1(C(N)=S)CCCCCC1. The maximum atomic E-state index is 13.0. The Labute approximate surface area is 133 Å². The van der Waals surface area contributed by atoms with Gasteiger partial charge in [-0.25, -0.2) is 0 Å². The summed E-state index contributed by atoms with van der Waals surface area (Å²) < 4.78 is 0. The Balaban J connectivity index is 2.95. The number of carbonyl (C=O) groups is 1. The van der Waals surface area contributed by atoms with Gasteiger partial charge >= 0.3 is 0 Å². The van der Waals surface area contributed by atoms with E-state index in [4.69, 9.17) is 18.0 Å². The number of thiocarbonyl (C=S) groups is 1. The highest BCUT2D eigenvalue weighted by Gasteiger charge is 2.44. The molecule has 0 spiro atoms. The van der Waals surface area contributed by atoms with Gasteiger partial charge in [-0.2, -0.15) is 11.8 Å². The molecule has 1 aliphatic rings. The highest BCUT2D eigenvalue weighted by Crippen LogP contribution is 2.37. The van der Waals surface area contributed by atoms with Crippen LogP contribution in [-0.2, 0) is 4.79 Å². The molecule has 0 aliphatic heterocycles. The molecular weight excluding hydrogens is 288 g/mol. The van der Waals surface area contributed by atoms with Crippen LogP contribution in [0.2, 0.25) is 0 Å². The van der Waals surface area contributed by atoms with Gasteiger partial charge in [0.05, 0.1) is 10.4 Å². The van der Waals surface area contributed by atoms with Crippen LogP contribution in [0.1, 0.15) is 51.9 Å². The second-order valence-electron chi connectivity index (χ2n) is 5.79. The molecule has 5 heteroatoms. The Bertz CT molecular complexity index is 339. The first-order valence-corrected chi connectivity index (χ1v) is 9.36. The monoisotopic (exact) mass is 316 g/mol. The molecule has 0 aromatic rings. The van der Waals surface area contributed by atoms with Crippen molar-refractivity contribution in [3.63, 3.8) is 0 Å². The molecule has 1 atom stereocenters. The molecule has 1 fully saturated rings. The maximum absolute atomic E-state index is 13.0. The minimum atomic E-state index is -0.591. The summed E-state index contributed by atoms with van der Waals surface area (Å²) in [5, 5.41) is 0. The average Bonchev–Trinajstić information content (AvgIpc) is 2.69. The predicted molar refractivity (Wildman–Crippen MR) is 92.2 cm³/mol. The van der Waals surface area contributed by atoms with E-state index in [1.807, 2.05) is 11.9 Å². The van der Waals surface area contributed by atoms with E-state index in [0.717, 1.165) is 37.9 Å². The van der Waals surface area contributed by atoms with Crippen molar-refractivity contribution in [3.8, 4) is 0 Å². The highest BCUT2D eigenvalue weighted by atomic mass is 32.2. The zero-order chi connectivity index (χ0) is 15.2. The van der Waals surface area contributed by atoms with Crippen molar-refractivity contribution in [1.29, 1.82) is 0 Å². The molecule has 0 aromatic heterocycles. The van der Waals surface area contributed by atoms with E-state index in [1.54, 1.807) is 11.8 Å². The molecule has 1 rings (SSSR count). The van der Waals surface area contributed by atoms with Crippen LogP contribution >= 0.6 is 24.0 Å². The van der Waals surface area contributed by atoms with Gasteiger partial charge in [0.15, 0.2) is 0 Å². The zero-order valence-electron chi connectivity index (χ0n) is 13.0. The smallest absolute Gasteiger partial charge is 0.235 e. The molecular formula is C15H28N2OS2. The summed E-state index contributed by atoms with van der Waals surface area (Å²) in [6.07, 6.45) is 9.16.